The number of rotatable bonds is 3. The van der Waals surface area contributed by atoms with Crippen molar-refractivity contribution in [3.8, 4) is 11.5 Å². The Hall–Kier alpha value is -1.72. The smallest absolute Gasteiger partial charge is 0.186 e. The molecule has 0 saturated heterocycles. The van der Waals surface area contributed by atoms with Crippen LogP contribution in [-0.2, 0) is 11.1 Å². The summed E-state index contributed by atoms with van der Waals surface area (Å²) in [5.41, 5.74) is 0. The van der Waals surface area contributed by atoms with Gasteiger partial charge in [-0.1, -0.05) is 0 Å². The number of hydrogen-bond acceptors (Lipinski definition) is 3. The highest BCUT2D eigenvalue weighted by Crippen LogP contribution is 2.21. The molecule has 0 aliphatic carbocycles. The third kappa shape index (κ3) is 2.65. The summed E-state index contributed by atoms with van der Waals surface area (Å²) in [5, 5.41) is 0. The largest absolute Gasteiger partial charge is 0.457 e. The number of aromatic nitrogens is 1. The molecular formula is C11H9NO3S. The minimum Gasteiger partial charge on any atom is -0.457 e. The molecule has 2 rings (SSSR count). The van der Waals surface area contributed by atoms with Crippen molar-refractivity contribution >= 4 is 11.1 Å². The maximum Gasteiger partial charge on any atom is 0.186 e. The molecule has 4 nitrogen and oxygen atoms in total. The Labute approximate surface area is 95.2 Å². The molecule has 1 unspecified atom stereocenters. The van der Waals surface area contributed by atoms with E-state index in [9.17, 15) is 4.21 Å². The summed E-state index contributed by atoms with van der Waals surface area (Å²) in [5.74, 6) is 1.29. The van der Waals surface area contributed by atoms with Crippen LogP contribution in [0, 0.1) is 0 Å². The van der Waals surface area contributed by atoms with Crippen molar-refractivity contribution in [2.24, 2.45) is 0 Å². The van der Waals surface area contributed by atoms with Gasteiger partial charge in [0.15, 0.2) is 11.1 Å². The minimum atomic E-state index is -1.95. The van der Waals surface area contributed by atoms with Gasteiger partial charge in [-0.3, -0.25) is 4.98 Å². The standard InChI is InChI=1S/C11H9NO3S/c13-16(14)11-3-1-9(2-4-11)15-10-5-7-12-8-6-10/h1-8H,(H,13,14). The van der Waals surface area contributed by atoms with Crippen molar-refractivity contribution in [2.75, 3.05) is 0 Å². The van der Waals surface area contributed by atoms with Gasteiger partial charge >= 0.3 is 0 Å². The molecule has 16 heavy (non-hydrogen) atoms. The van der Waals surface area contributed by atoms with E-state index in [0.717, 1.165) is 0 Å². The molecule has 1 aromatic heterocycles. The van der Waals surface area contributed by atoms with Gasteiger partial charge in [-0.25, -0.2) is 4.21 Å². The zero-order chi connectivity index (χ0) is 11.4. The highest BCUT2D eigenvalue weighted by Gasteiger charge is 2.00. The topological polar surface area (TPSA) is 59.4 Å². The Morgan fingerprint density at radius 2 is 1.56 bits per heavy atom. The fraction of sp³-hybridized carbons (Fsp3) is 0. The van der Waals surface area contributed by atoms with Gasteiger partial charge < -0.3 is 9.29 Å². The summed E-state index contributed by atoms with van der Waals surface area (Å²) in [4.78, 5) is 4.22. The summed E-state index contributed by atoms with van der Waals surface area (Å²) < 4.78 is 25.1. The number of ether oxygens (including phenoxy) is 1. The molecule has 82 valence electrons. The average Bonchev–Trinajstić information content (AvgIpc) is 2.31. The van der Waals surface area contributed by atoms with E-state index >= 15 is 0 Å². The summed E-state index contributed by atoms with van der Waals surface area (Å²) in [6.45, 7) is 0. The van der Waals surface area contributed by atoms with Gasteiger partial charge in [0.2, 0.25) is 0 Å². The van der Waals surface area contributed by atoms with Crippen LogP contribution in [0.25, 0.3) is 0 Å². The van der Waals surface area contributed by atoms with E-state index in [4.69, 9.17) is 9.29 Å². The van der Waals surface area contributed by atoms with Crippen molar-refractivity contribution in [3.63, 3.8) is 0 Å². The molecule has 1 heterocycles. The van der Waals surface area contributed by atoms with E-state index in [-0.39, 0.29) is 0 Å². The van der Waals surface area contributed by atoms with E-state index in [1.807, 2.05) is 0 Å². The van der Waals surface area contributed by atoms with Crippen LogP contribution in [0.2, 0.25) is 0 Å². The molecule has 0 radical (unpaired) electrons. The molecule has 0 amide bonds. The molecule has 0 bridgehead atoms. The van der Waals surface area contributed by atoms with Crippen molar-refractivity contribution in [1.82, 2.24) is 4.98 Å². The summed E-state index contributed by atoms with van der Waals surface area (Å²) in [6, 6.07) is 9.85. The second kappa shape index (κ2) is 4.87. The normalized spacial score (nSPS) is 12.1. The summed E-state index contributed by atoms with van der Waals surface area (Å²) in [7, 11) is 0. The zero-order valence-corrected chi connectivity index (χ0v) is 9.05. The maximum absolute atomic E-state index is 10.7. The van der Waals surface area contributed by atoms with E-state index in [1.165, 1.54) is 0 Å². The fourth-order valence-corrected chi connectivity index (χ4v) is 1.54. The second-order valence-electron chi connectivity index (χ2n) is 3.01. The highest BCUT2D eigenvalue weighted by molar-refractivity contribution is 7.79. The Morgan fingerprint density at radius 1 is 1.00 bits per heavy atom. The van der Waals surface area contributed by atoms with Crippen LogP contribution >= 0.6 is 0 Å². The first kappa shape index (κ1) is 10.8. The van der Waals surface area contributed by atoms with Crippen molar-refractivity contribution in [3.05, 3.63) is 48.8 Å². The molecule has 0 aliphatic heterocycles. The Morgan fingerprint density at radius 3 is 2.12 bits per heavy atom. The number of hydrogen-bond donors (Lipinski definition) is 1. The molecule has 0 saturated carbocycles. The molecule has 1 N–H and O–H groups in total. The van der Waals surface area contributed by atoms with Crippen LogP contribution in [0.3, 0.4) is 0 Å². The third-order valence-corrected chi connectivity index (χ3v) is 2.59. The Kier molecular flexibility index (Phi) is 3.28. The molecule has 0 spiro atoms. The van der Waals surface area contributed by atoms with Gasteiger partial charge in [-0.2, -0.15) is 0 Å². The van der Waals surface area contributed by atoms with Gasteiger partial charge in [-0.15, -0.1) is 0 Å². The number of nitrogens with zero attached hydrogens (tertiary/aromatic N) is 1. The van der Waals surface area contributed by atoms with Crippen molar-refractivity contribution in [2.45, 2.75) is 4.90 Å². The van der Waals surface area contributed by atoms with E-state index in [1.54, 1.807) is 48.8 Å². The van der Waals surface area contributed by atoms with Crippen LogP contribution < -0.4 is 4.74 Å². The van der Waals surface area contributed by atoms with Crippen LogP contribution in [0.4, 0.5) is 0 Å². The first-order valence-electron chi connectivity index (χ1n) is 4.54. The van der Waals surface area contributed by atoms with Crippen LogP contribution in [0.15, 0.2) is 53.7 Å². The molecular weight excluding hydrogens is 226 g/mol. The summed E-state index contributed by atoms with van der Waals surface area (Å²) >= 11 is -1.95. The third-order valence-electron chi connectivity index (χ3n) is 1.91. The molecule has 0 aliphatic rings. The summed E-state index contributed by atoms with van der Waals surface area (Å²) in [6.07, 6.45) is 3.26. The molecule has 5 heteroatoms. The van der Waals surface area contributed by atoms with E-state index < -0.39 is 11.1 Å². The predicted octanol–water partition coefficient (Wildman–Crippen LogP) is 2.45. The molecule has 0 fully saturated rings. The predicted molar refractivity (Wildman–Crippen MR) is 59.8 cm³/mol. The van der Waals surface area contributed by atoms with Gasteiger partial charge in [-0.05, 0) is 36.4 Å². The quantitative estimate of drug-likeness (QED) is 0.830. The molecule has 1 atom stereocenters. The lowest BCUT2D eigenvalue weighted by molar-refractivity contribution is 0.481. The molecule has 1 aromatic carbocycles. The van der Waals surface area contributed by atoms with Crippen molar-refractivity contribution < 1.29 is 13.5 Å². The fourth-order valence-electron chi connectivity index (χ4n) is 1.17. The number of benzene rings is 1. The lowest BCUT2D eigenvalue weighted by Crippen LogP contribution is -1.88. The Balaban J connectivity index is 2.14. The van der Waals surface area contributed by atoms with Gasteiger partial charge in [0.1, 0.15) is 11.5 Å². The van der Waals surface area contributed by atoms with Crippen molar-refractivity contribution in [1.29, 1.82) is 0 Å². The highest BCUT2D eigenvalue weighted by atomic mass is 32.2. The molecule has 2 aromatic rings. The van der Waals surface area contributed by atoms with Gasteiger partial charge in [0, 0.05) is 12.4 Å². The van der Waals surface area contributed by atoms with E-state index in [0.29, 0.717) is 16.4 Å². The monoisotopic (exact) mass is 235 g/mol. The van der Waals surface area contributed by atoms with E-state index in [2.05, 4.69) is 4.98 Å². The van der Waals surface area contributed by atoms with Gasteiger partial charge in [0.05, 0.1) is 4.90 Å². The van der Waals surface area contributed by atoms with Gasteiger partial charge in [0.25, 0.3) is 0 Å². The lowest BCUT2D eigenvalue weighted by atomic mass is 10.3. The first-order valence-corrected chi connectivity index (χ1v) is 5.65. The lowest BCUT2D eigenvalue weighted by Gasteiger charge is -2.04. The average molecular weight is 235 g/mol. The SMILES string of the molecule is O=S(O)c1ccc(Oc2ccncc2)cc1. The minimum absolute atomic E-state index is 0.349. The van der Waals surface area contributed by atoms with Crippen LogP contribution in [0.5, 0.6) is 11.5 Å². The second-order valence-corrected chi connectivity index (χ2v) is 3.98. The first-order chi connectivity index (χ1) is 7.75. The number of pyridine rings is 1. The Bertz CT molecular complexity index is 484. The van der Waals surface area contributed by atoms with Crippen LogP contribution in [-0.4, -0.2) is 13.7 Å². The van der Waals surface area contributed by atoms with Crippen LogP contribution in [0.1, 0.15) is 0 Å². The zero-order valence-electron chi connectivity index (χ0n) is 8.24. The maximum atomic E-state index is 10.7.